The van der Waals surface area contributed by atoms with E-state index in [1.165, 1.54) is 12.3 Å². The zero-order valence-electron chi connectivity index (χ0n) is 15.6. The molecule has 1 aromatic heterocycles. The summed E-state index contributed by atoms with van der Waals surface area (Å²) in [6.07, 6.45) is 0.983. The second kappa shape index (κ2) is 9.45. The van der Waals surface area contributed by atoms with Gasteiger partial charge in [-0.15, -0.1) is 0 Å². The van der Waals surface area contributed by atoms with Gasteiger partial charge < -0.3 is 19.5 Å². The Labute approximate surface area is 161 Å². The Bertz CT molecular complexity index is 891. The number of ether oxygens (including phenoxy) is 3. The van der Waals surface area contributed by atoms with Gasteiger partial charge in [-0.1, -0.05) is 18.2 Å². The maximum atomic E-state index is 12.8. The third-order valence-electron chi connectivity index (χ3n) is 4.16. The van der Waals surface area contributed by atoms with Crippen LogP contribution in [-0.4, -0.2) is 56.2 Å². The van der Waals surface area contributed by atoms with Crippen LogP contribution in [-0.2, 0) is 28.6 Å². The van der Waals surface area contributed by atoms with E-state index < -0.39 is 42.2 Å². The number of nitrogens with one attached hydrogen (secondary N) is 1. The highest BCUT2D eigenvalue weighted by Gasteiger charge is 2.39. The summed E-state index contributed by atoms with van der Waals surface area (Å²) >= 11 is 0. The summed E-state index contributed by atoms with van der Waals surface area (Å²) in [4.78, 5) is 53.1. The Kier molecular flexibility index (Phi) is 7.02. The lowest BCUT2D eigenvalue weighted by Crippen LogP contribution is -2.50. The molecule has 1 N–H and O–H groups in total. The van der Waals surface area contributed by atoms with Gasteiger partial charge in [-0.25, -0.2) is 4.79 Å². The van der Waals surface area contributed by atoms with Crippen molar-refractivity contribution in [1.29, 1.82) is 0 Å². The van der Waals surface area contributed by atoms with Gasteiger partial charge in [-0.3, -0.25) is 19.4 Å². The fourth-order valence-corrected chi connectivity index (χ4v) is 2.72. The molecule has 0 unspecified atom stereocenters. The van der Waals surface area contributed by atoms with Crippen LogP contribution in [0.4, 0.5) is 0 Å². The molecule has 0 aliphatic rings. The number of nitrogens with zero attached hydrogens (tertiary/aromatic N) is 1. The minimum absolute atomic E-state index is 0.251. The van der Waals surface area contributed by atoms with Crippen molar-refractivity contribution in [2.24, 2.45) is 5.92 Å². The monoisotopic (exact) mass is 388 g/mol. The van der Waals surface area contributed by atoms with Crippen molar-refractivity contribution < 1.29 is 33.4 Å². The standard InChI is InChI=1S/C19H20N2O7/c1-26-15(22)10-13(18(24)27-2)16(19(25)28-3)21-17(23)12-8-9-20-14-7-5-4-6-11(12)14/h4-9,13,16H,10H2,1-3H3,(H,21,23)/t13-,16-/m1/s1. The molecule has 2 aromatic rings. The van der Waals surface area contributed by atoms with Crippen molar-refractivity contribution >= 4 is 34.7 Å². The first-order valence-corrected chi connectivity index (χ1v) is 8.30. The Balaban J connectivity index is 2.39. The molecule has 9 nitrogen and oxygen atoms in total. The molecule has 0 bridgehead atoms. The number of methoxy groups -OCH3 is 3. The highest BCUT2D eigenvalue weighted by atomic mass is 16.5. The zero-order valence-corrected chi connectivity index (χ0v) is 15.6. The maximum absolute atomic E-state index is 12.8. The van der Waals surface area contributed by atoms with E-state index >= 15 is 0 Å². The second-order valence-electron chi connectivity index (χ2n) is 5.76. The first-order valence-electron chi connectivity index (χ1n) is 8.30. The minimum atomic E-state index is -1.45. The highest BCUT2D eigenvalue weighted by molar-refractivity contribution is 6.07. The van der Waals surface area contributed by atoms with Gasteiger partial charge in [0.05, 0.1) is 44.7 Å². The first-order chi connectivity index (χ1) is 13.4. The van der Waals surface area contributed by atoms with Gasteiger partial charge in [0.2, 0.25) is 0 Å². The summed E-state index contributed by atoms with van der Waals surface area (Å²) in [5.41, 5.74) is 0.838. The van der Waals surface area contributed by atoms with Crippen LogP contribution < -0.4 is 5.32 Å². The number of hydrogen-bond donors (Lipinski definition) is 1. The van der Waals surface area contributed by atoms with Gasteiger partial charge in [-0.05, 0) is 12.1 Å². The number of aromatic nitrogens is 1. The average molecular weight is 388 g/mol. The van der Waals surface area contributed by atoms with E-state index in [0.717, 1.165) is 21.3 Å². The minimum Gasteiger partial charge on any atom is -0.469 e. The molecule has 0 aliphatic carbocycles. The number of esters is 3. The van der Waals surface area contributed by atoms with E-state index in [9.17, 15) is 19.2 Å². The lowest BCUT2D eigenvalue weighted by molar-refractivity contribution is -0.158. The number of amides is 1. The molecule has 0 saturated carbocycles. The number of para-hydroxylation sites is 1. The molecule has 1 heterocycles. The van der Waals surface area contributed by atoms with E-state index in [1.807, 2.05) is 0 Å². The number of pyridine rings is 1. The van der Waals surface area contributed by atoms with E-state index in [2.05, 4.69) is 19.8 Å². The Morgan fingerprint density at radius 1 is 0.964 bits per heavy atom. The van der Waals surface area contributed by atoms with E-state index in [0.29, 0.717) is 10.9 Å². The number of carbonyl (C=O) groups is 4. The molecule has 1 amide bonds. The van der Waals surface area contributed by atoms with Crippen molar-refractivity contribution in [1.82, 2.24) is 10.3 Å². The molecule has 1 aromatic carbocycles. The average Bonchev–Trinajstić information content (AvgIpc) is 2.74. The summed E-state index contributed by atoms with van der Waals surface area (Å²) in [5, 5.41) is 3.03. The van der Waals surface area contributed by atoms with Crippen molar-refractivity contribution in [3.05, 3.63) is 42.1 Å². The molecule has 9 heteroatoms. The molecule has 0 aliphatic heterocycles. The summed E-state index contributed by atoms with van der Waals surface area (Å²) in [5.74, 6) is -4.45. The van der Waals surface area contributed by atoms with Crippen LogP contribution >= 0.6 is 0 Å². The van der Waals surface area contributed by atoms with Crippen LogP contribution in [0.5, 0.6) is 0 Å². The van der Waals surface area contributed by atoms with Crippen LogP contribution in [0, 0.1) is 5.92 Å². The third-order valence-corrected chi connectivity index (χ3v) is 4.16. The molecule has 148 valence electrons. The van der Waals surface area contributed by atoms with Gasteiger partial charge in [0.15, 0.2) is 0 Å². The second-order valence-corrected chi connectivity index (χ2v) is 5.76. The molecule has 0 fully saturated rings. The normalized spacial score (nSPS) is 12.5. The van der Waals surface area contributed by atoms with E-state index in [-0.39, 0.29) is 5.56 Å². The first kappa shape index (κ1) is 20.8. The Morgan fingerprint density at radius 3 is 2.29 bits per heavy atom. The predicted molar refractivity (Wildman–Crippen MR) is 97.2 cm³/mol. The van der Waals surface area contributed by atoms with Crippen molar-refractivity contribution in [3.8, 4) is 0 Å². The van der Waals surface area contributed by atoms with Crippen LogP contribution in [0.25, 0.3) is 10.9 Å². The number of carbonyl (C=O) groups excluding carboxylic acids is 4. The smallest absolute Gasteiger partial charge is 0.329 e. The quantitative estimate of drug-likeness (QED) is 0.548. The van der Waals surface area contributed by atoms with Crippen molar-refractivity contribution in [2.45, 2.75) is 12.5 Å². The van der Waals surface area contributed by atoms with Gasteiger partial charge in [-0.2, -0.15) is 0 Å². The lowest BCUT2D eigenvalue weighted by atomic mass is 9.95. The van der Waals surface area contributed by atoms with Gasteiger partial charge in [0.25, 0.3) is 5.91 Å². The molecule has 2 rings (SSSR count). The number of fused-ring (bicyclic) bond motifs is 1. The summed E-state index contributed by atoms with van der Waals surface area (Å²) in [7, 11) is 3.36. The third kappa shape index (κ3) is 4.61. The van der Waals surface area contributed by atoms with Gasteiger partial charge >= 0.3 is 17.9 Å². The SMILES string of the molecule is COC(=O)C[C@@H](C(=O)OC)[C@@H](NC(=O)c1ccnc2ccccc12)C(=O)OC. The van der Waals surface area contributed by atoms with Gasteiger partial charge in [0, 0.05) is 11.6 Å². The fourth-order valence-electron chi connectivity index (χ4n) is 2.72. The summed E-state index contributed by atoms with van der Waals surface area (Å²) in [6, 6.07) is 7.00. The molecular weight excluding hydrogens is 368 g/mol. The topological polar surface area (TPSA) is 121 Å². The molecule has 2 atom stereocenters. The van der Waals surface area contributed by atoms with Crippen molar-refractivity contribution in [2.75, 3.05) is 21.3 Å². The lowest BCUT2D eigenvalue weighted by Gasteiger charge is -2.23. The Morgan fingerprint density at radius 2 is 1.64 bits per heavy atom. The molecule has 28 heavy (non-hydrogen) atoms. The molecular formula is C19H20N2O7. The zero-order chi connectivity index (χ0) is 20.7. The van der Waals surface area contributed by atoms with Crippen LogP contribution in [0.1, 0.15) is 16.8 Å². The number of benzene rings is 1. The fraction of sp³-hybridized carbons (Fsp3) is 0.316. The molecule has 0 saturated heterocycles. The van der Waals surface area contributed by atoms with Crippen LogP contribution in [0.2, 0.25) is 0 Å². The van der Waals surface area contributed by atoms with E-state index in [1.54, 1.807) is 24.3 Å². The highest BCUT2D eigenvalue weighted by Crippen LogP contribution is 2.19. The van der Waals surface area contributed by atoms with Crippen LogP contribution in [0.3, 0.4) is 0 Å². The van der Waals surface area contributed by atoms with Crippen LogP contribution in [0.15, 0.2) is 36.5 Å². The number of hydrogen-bond acceptors (Lipinski definition) is 8. The van der Waals surface area contributed by atoms with E-state index in [4.69, 9.17) is 4.74 Å². The predicted octanol–water partition coefficient (Wildman–Crippen LogP) is 0.858. The number of rotatable bonds is 7. The molecule has 0 radical (unpaired) electrons. The summed E-state index contributed by atoms with van der Waals surface area (Å²) in [6.45, 7) is 0. The largest absolute Gasteiger partial charge is 0.469 e. The molecule has 0 spiro atoms. The summed E-state index contributed by atoms with van der Waals surface area (Å²) < 4.78 is 13.9. The maximum Gasteiger partial charge on any atom is 0.329 e. The van der Waals surface area contributed by atoms with Crippen molar-refractivity contribution in [3.63, 3.8) is 0 Å². The Hall–Kier alpha value is -3.49. The van der Waals surface area contributed by atoms with Gasteiger partial charge in [0.1, 0.15) is 6.04 Å².